The van der Waals surface area contributed by atoms with Crippen LogP contribution in [-0.4, -0.2) is 28.8 Å². The standard InChI is InChI=1S/C21H21N3O3/c1-14-8-9-16(10-15(14)2)20(25)23-18-11-22-24(13-18)12-17-6-4-5-7-19(17)21(26)27-3/h4-11,13H,12H2,1-3H3,(H,23,25). The maximum absolute atomic E-state index is 12.4. The van der Waals surface area contributed by atoms with Crippen LogP contribution in [0.15, 0.2) is 54.9 Å². The Morgan fingerprint density at radius 1 is 1.11 bits per heavy atom. The summed E-state index contributed by atoms with van der Waals surface area (Å²) >= 11 is 0. The van der Waals surface area contributed by atoms with Gasteiger partial charge in [0.1, 0.15) is 0 Å². The fourth-order valence-electron chi connectivity index (χ4n) is 2.74. The molecule has 6 nitrogen and oxygen atoms in total. The molecule has 0 saturated carbocycles. The normalized spacial score (nSPS) is 10.5. The number of rotatable bonds is 5. The Morgan fingerprint density at radius 2 is 1.89 bits per heavy atom. The highest BCUT2D eigenvalue weighted by Crippen LogP contribution is 2.15. The van der Waals surface area contributed by atoms with E-state index in [9.17, 15) is 9.59 Å². The van der Waals surface area contributed by atoms with E-state index in [1.54, 1.807) is 35.3 Å². The quantitative estimate of drug-likeness (QED) is 0.703. The van der Waals surface area contributed by atoms with Crippen molar-refractivity contribution in [1.82, 2.24) is 9.78 Å². The van der Waals surface area contributed by atoms with Crippen molar-refractivity contribution in [2.24, 2.45) is 0 Å². The molecule has 0 saturated heterocycles. The largest absolute Gasteiger partial charge is 0.465 e. The third-order valence-corrected chi connectivity index (χ3v) is 4.42. The lowest BCUT2D eigenvalue weighted by Gasteiger charge is -2.08. The van der Waals surface area contributed by atoms with E-state index in [-0.39, 0.29) is 11.9 Å². The number of aryl methyl sites for hydroxylation is 2. The molecule has 0 aliphatic heterocycles. The molecule has 3 aromatic rings. The van der Waals surface area contributed by atoms with Crippen molar-refractivity contribution in [1.29, 1.82) is 0 Å². The van der Waals surface area contributed by atoms with Crippen LogP contribution in [0.25, 0.3) is 0 Å². The minimum absolute atomic E-state index is 0.187. The Balaban J connectivity index is 1.73. The molecule has 6 heteroatoms. The summed E-state index contributed by atoms with van der Waals surface area (Å²) in [5.41, 5.74) is 4.69. The summed E-state index contributed by atoms with van der Waals surface area (Å²) in [6, 6.07) is 12.8. The number of nitrogens with zero attached hydrogens (tertiary/aromatic N) is 2. The second-order valence-corrected chi connectivity index (χ2v) is 6.33. The molecule has 0 spiro atoms. The number of anilines is 1. The average Bonchev–Trinajstić information content (AvgIpc) is 3.10. The molecule has 27 heavy (non-hydrogen) atoms. The zero-order valence-electron chi connectivity index (χ0n) is 15.5. The smallest absolute Gasteiger partial charge is 0.338 e. The maximum Gasteiger partial charge on any atom is 0.338 e. The fraction of sp³-hybridized carbons (Fsp3) is 0.190. The number of nitrogens with one attached hydrogen (secondary N) is 1. The highest BCUT2D eigenvalue weighted by Gasteiger charge is 2.13. The Kier molecular flexibility index (Phi) is 5.35. The van der Waals surface area contributed by atoms with Gasteiger partial charge >= 0.3 is 5.97 Å². The molecule has 0 aliphatic carbocycles. The Hall–Kier alpha value is -3.41. The second kappa shape index (κ2) is 7.86. The summed E-state index contributed by atoms with van der Waals surface area (Å²) in [4.78, 5) is 24.3. The molecule has 3 rings (SSSR count). The molecular weight excluding hydrogens is 342 g/mol. The first-order valence-corrected chi connectivity index (χ1v) is 8.55. The Morgan fingerprint density at radius 3 is 2.63 bits per heavy atom. The number of hydrogen-bond acceptors (Lipinski definition) is 4. The molecular formula is C21H21N3O3. The van der Waals surface area contributed by atoms with E-state index >= 15 is 0 Å². The van der Waals surface area contributed by atoms with E-state index in [2.05, 4.69) is 10.4 Å². The van der Waals surface area contributed by atoms with E-state index in [0.29, 0.717) is 23.4 Å². The number of benzene rings is 2. The molecule has 0 radical (unpaired) electrons. The molecule has 0 atom stereocenters. The summed E-state index contributed by atoms with van der Waals surface area (Å²) < 4.78 is 6.48. The average molecular weight is 363 g/mol. The van der Waals surface area contributed by atoms with Gasteiger partial charge in [-0.2, -0.15) is 5.10 Å². The van der Waals surface area contributed by atoms with E-state index in [0.717, 1.165) is 16.7 Å². The fourth-order valence-corrected chi connectivity index (χ4v) is 2.74. The molecule has 2 aromatic carbocycles. The molecule has 1 N–H and O–H groups in total. The number of hydrogen-bond donors (Lipinski definition) is 1. The number of aromatic nitrogens is 2. The van der Waals surface area contributed by atoms with E-state index < -0.39 is 0 Å². The van der Waals surface area contributed by atoms with Crippen LogP contribution < -0.4 is 5.32 Å². The highest BCUT2D eigenvalue weighted by atomic mass is 16.5. The molecule has 1 heterocycles. The zero-order valence-corrected chi connectivity index (χ0v) is 15.5. The van der Waals surface area contributed by atoms with Gasteiger partial charge in [-0.05, 0) is 48.7 Å². The topological polar surface area (TPSA) is 73.2 Å². The molecule has 0 unspecified atom stereocenters. The van der Waals surface area contributed by atoms with Crippen LogP contribution >= 0.6 is 0 Å². The molecule has 1 aromatic heterocycles. The molecule has 138 valence electrons. The van der Waals surface area contributed by atoms with Crippen molar-refractivity contribution in [3.63, 3.8) is 0 Å². The van der Waals surface area contributed by atoms with Crippen molar-refractivity contribution < 1.29 is 14.3 Å². The van der Waals surface area contributed by atoms with Crippen molar-refractivity contribution in [3.8, 4) is 0 Å². The number of carbonyl (C=O) groups excluding carboxylic acids is 2. The minimum Gasteiger partial charge on any atom is -0.465 e. The van der Waals surface area contributed by atoms with Gasteiger partial charge in [-0.15, -0.1) is 0 Å². The zero-order chi connectivity index (χ0) is 19.4. The molecule has 0 bridgehead atoms. The van der Waals surface area contributed by atoms with Gasteiger partial charge in [-0.3, -0.25) is 9.48 Å². The van der Waals surface area contributed by atoms with Gasteiger partial charge in [0.25, 0.3) is 5.91 Å². The number of amides is 1. The highest BCUT2D eigenvalue weighted by molar-refractivity contribution is 6.04. The van der Waals surface area contributed by atoms with E-state index in [1.165, 1.54) is 7.11 Å². The number of esters is 1. The minimum atomic E-state index is -0.388. The summed E-state index contributed by atoms with van der Waals surface area (Å²) in [6.07, 6.45) is 3.31. The van der Waals surface area contributed by atoms with E-state index in [4.69, 9.17) is 4.74 Å². The van der Waals surface area contributed by atoms with Crippen molar-refractivity contribution in [2.75, 3.05) is 12.4 Å². The van der Waals surface area contributed by atoms with Crippen molar-refractivity contribution in [3.05, 3.63) is 82.7 Å². The Bertz CT molecular complexity index is 992. The number of ether oxygens (including phenoxy) is 1. The van der Waals surface area contributed by atoms with Crippen molar-refractivity contribution in [2.45, 2.75) is 20.4 Å². The van der Waals surface area contributed by atoms with E-state index in [1.807, 2.05) is 38.1 Å². The van der Waals surface area contributed by atoms with Crippen LogP contribution in [0.3, 0.4) is 0 Å². The Labute approximate surface area is 157 Å². The van der Waals surface area contributed by atoms with Crippen molar-refractivity contribution >= 4 is 17.6 Å². The summed E-state index contributed by atoms with van der Waals surface area (Å²) in [6.45, 7) is 4.38. The monoisotopic (exact) mass is 363 g/mol. The lowest BCUT2D eigenvalue weighted by atomic mass is 10.1. The van der Waals surface area contributed by atoms with Gasteiger partial charge in [0, 0.05) is 11.8 Å². The third kappa shape index (κ3) is 4.23. The van der Waals surface area contributed by atoms with Crippen LogP contribution in [0, 0.1) is 13.8 Å². The number of methoxy groups -OCH3 is 1. The third-order valence-electron chi connectivity index (χ3n) is 4.42. The van der Waals surface area contributed by atoms with Gasteiger partial charge in [-0.1, -0.05) is 24.3 Å². The summed E-state index contributed by atoms with van der Waals surface area (Å²) in [5.74, 6) is -0.575. The van der Waals surface area contributed by atoms with Gasteiger partial charge in [0.15, 0.2) is 0 Å². The van der Waals surface area contributed by atoms with Gasteiger partial charge in [-0.25, -0.2) is 4.79 Å². The SMILES string of the molecule is COC(=O)c1ccccc1Cn1cc(NC(=O)c2ccc(C)c(C)c2)cn1. The van der Waals surface area contributed by atoms with Crippen LogP contribution in [0.2, 0.25) is 0 Å². The lowest BCUT2D eigenvalue weighted by molar-refractivity contribution is 0.0599. The first kappa shape index (κ1) is 18.4. The summed E-state index contributed by atoms with van der Waals surface area (Å²) in [7, 11) is 1.35. The molecule has 0 fully saturated rings. The van der Waals surface area contributed by atoms with Gasteiger partial charge in [0.05, 0.1) is 31.1 Å². The van der Waals surface area contributed by atoms with Crippen LogP contribution in [0.5, 0.6) is 0 Å². The first-order chi connectivity index (χ1) is 13.0. The lowest BCUT2D eigenvalue weighted by Crippen LogP contribution is -2.12. The molecule has 0 aliphatic rings. The molecule has 1 amide bonds. The van der Waals surface area contributed by atoms with Gasteiger partial charge in [0.2, 0.25) is 0 Å². The summed E-state index contributed by atoms with van der Waals surface area (Å²) in [5, 5.41) is 7.11. The van der Waals surface area contributed by atoms with Crippen LogP contribution in [-0.2, 0) is 11.3 Å². The predicted molar refractivity (Wildman–Crippen MR) is 103 cm³/mol. The first-order valence-electron chi connectivity index (χ1n) is 8.55. The van der Waals surface area contributed by atoms with Gasteiger partial charge < -0.3 is 10.1 Å². The maximum atomic E-state index is 12.4. The number of carbonyl (C=O) groups is 2. The van der Waals surface area contributed by atoms with Crippen LogP contribution in [0.1, 0.15) is 37.4 Å². The second-order valence-electron chi connectivity index (χ2n) is 6.33. The predicted octanol–water partition coefficient (Wildman–Crippen LogP) is 3.59. The van der Waals surface area contributed by atoms with Crippen LogP contribution in [0.4, 0.5) is 5.69 Å².